The Balaban J connectivity index is 1.45. The molecule has 2 atom stereocenters. The molecule has 2 aromatic rings. The molecule has 34 heavy (non-hydrogen) atoms. The molecule has 0 spiro atoms. The van der Waals surface area contributed by atoms with Crippen LogP contribution in [0.1, 0.15) is 40.0 Å². The van der Waals surface area contributed by atoms with E-state index in [0.717, 1.165) is 10.8 Å². The number of carbonyl (C=O) groups excluding carboxylic acids is 2. The van der Waals surface area contributed by atoms with E-state index in [2.05, 4.69) is 0 Å². The van der Waals surface area contributed by atoms with E-state index in [1.807, 2.05) is 39.0 Å². The Labute approximate surface area is 207 Å². The van der Waals surface area contributed by atoms with Crippen LogP contribution in [-0.2, 0) is 20.8 Å². The fourth-order valence-electron chi connectivity index (χ4n) is 4.67. The van der Waals surface area contributed by atoms with E-state index in [0.29, 0.717) is 49.6 Å². The van der Waals surface area contributed by atoms with Gasteiger partial charge in [0.1, 0.15) is 11.6 Å². The van der Waals surface area contributed by atoms with Gasteiger partial charge in [0.25, 0.3) is 11.3 Å². The van der Waals surface area contributed by atoms with Gasteiger partial charge in [0.15, 0.2) is 0 Å². The van der Waals surface area contributed by atoms with Crippen molar-refractivity contribution in [1.29, 1.82) is 0 Å². The van der Waals surface area contributed by atoms with Gasteiger partial charge in [-0.25, -0.2) is 9.00 Å². The van der Waals surface area contributed by atoms with E-state index in [4.69, 9.17) is 16.3 Å². The SMILES string of the molecule is CC(C)(C)OC(=O)N1CCC(N2CCC(N(c3ccc4cc(Cl)ccc4c3)S(=O)O)C2=O)CC1. The number of hydrogen-bond acceptors (Lipinski definition) is 4. The van der Waals surface area contributed by atoms with Crippen LogP contribution >= 0.6 is 11.6 Å². The van der Waals surface area contributed by atoms with Crippen LogP contribution in [0.4, 0.5) is 10.5 Å². The van der Waals surface area contributed by atoms with Crippen molar-refractivity contribution in [3.63, 3.8) is 0 Å². The molecule has 0 saturated carbocycles. The minimum absolute atomic E-state index is 0.0103. The smallest absolute Gasteiger partial charge is 0.410 e. The highest BCUT2D eigenvalue weighted by atomic mass is 35.5. The van der Waals surface area contributed by atoms with E-state index in [9.17, 15) is 18.4 Å². The molecule has 0 aromatic heterocycles. The molecule has 10 heteroatoms. The summed E-state index contributed by atoms with van der Waals surface area (Å²) in [4.78, 5) is 29.2. The summed E-state index contributed by atoms with van der Waals surface area (Å²) in [6.45, 7) is 7.04. The van der Waals surface area contributed by atoms with Crippen molar-refractivity contribution in [2.24, 2.45) is 0 Å². The number of hydrogen-bond donors (Lipinski definition) is 1. The molecule has 2 fully saturated rings. The summed E-state index contributed by atoms with van der Waals surface area (Å²) in [7, 11) is 0. The molecule has 1 N–H and O–H groups in total. The molecular weight excluding hydrogens is 478 g/mol. The third-order valence-corrected chi connectivity index (χ3v) is 7.30. The van der Waals surface area contributed by atoms with Crippen LogP contribution in [0.15, 0.2) is 36.4 Å². The highest BCUT2D eigenvalue weighted by Crippen LogP contribution is 2.31. The van der Waals surface area contributed by atoms with Gasteiger partial charge < -0.3 is 14.5 Å². The van der Waals surface area contributed by atoms with Crippen molar-refractivity contribution < 1.29 is 23.1 Å². The third-order valence-electron chi connectivity index (χ3n) is 6.26. The summed E-state index contributed by atoms with van der Waals surface area (Å²) in [6.07, 6.45) is 1.42. The van der Waals surface area contributed by atoms with Crippen molar-refractivity contribution >= 4 is 51.3 Å². The minimum atomic E-state index is -2.36. The van der Waals surface area contributed by atoms with Crippen LogP contribution in [0.3, 0.4) is 0 Å². The maximum Gasteiger partial charge on any atom is 0.410 e. The Hall–Kier alpha value is -2.36. The number of fused-ring (bicyclic) bond motifs is 1. The average molecular weight is 508 g/mol. The number of likely N-dealkylation sites (tertiary alicyclic amines) is 2. The molecule has 0 aliphatic carbocycles. The highest BCUT2D eigenvalue weighted by Gasteiger charge is 2.42. The van der Waals surface area contributed by atoms with Gasteiger partial charge in [-0.1, -0.05) is 23.7 Å². The quantitative estimate of drug-likeness (QED) is 0.618. The summed E-state index contributed by atoms with van der Waals surface area (Å²) in [6, 6.07) is 10.1. The Morgan fingerprint density at radius 1 is 1.09 bits per heavy atom. The molecule has 2 aliphatic heterocycles. The second-order valence-corrected chi connectivity index (χ2v) is 11.1. The van der Waals surface area contributed by atoms with Gasteiger partial charge in [0.2, 0.25) is 5.91 Å². The molecule has 2 aliphatic rings. The maximum atomic E-state index is 13.4. The van der Waals surface area contributed by atoms with E-state index in [1.165, 1.54) is 4.31 Å². The van der Waals surface area contributed by atoms with Crippen LogP contribution in [0.5, 0.6) is 0 Å². The number of piperidine rings is 1. The first-order valence-corrected chi connectivity index (χ1v) is 12.9. The number of rotatable bonds is 4. The maximum absolute atomic E-state index is 13.4. The van der Waals surface area contributed by atoms with Crippen molar-refractivity contribution in [1.82, 2.24) is 9.80 Å². The normalized spacial score (nSPS) is 20.6. The second-order valence-electron chi connectivity index (χ2n) is 9.77. The fraction of sp³-hybridized carbons (Fsp3) is 0.500. The molecule has 4 rings (SSSR count). The van der Waals surface area contributed by atoms with Gasteiger partial charge in [-0.3, -0.25) is 13.7 Å². The fourth-order valence-corrected chi connectivity index (χ4v) is 5.56. The number of halogens is 1. The summed E-state index contributed by atoms with van der Waals surface area (Å²) in [5, 5.41) is 2.40. The largest absolute Gasteiger partial charge is 0.444 e. The van der Waals surface area contributed by atoms with Gasteiger partial charge in [-0.05, 0) is 75.1 Å². The molecule has 0 radical (unpaired) electrons. The molecule has 8 nitrogen and oxygen atoms in total. The first-order chi connectivity index (χ1) is 16.0. The van der Waals surface area contributed by atoms with Crippen LogP contribution < -0.4 is 4.31 Å². The number of carbonyl (C=O) groups is 2. The zero-order valence-electron chi connectivity index (χ0n) is 19.6. The zero-order chi connectivity index (χ0) is 24.6. The lowest BCUT2D eigenvalue weighted by atomic mass is 10.0. The van der Waals surface area contributed by atoms with Crippen LogP contribution in [0.25, 0.3) is 10.8 Å². The Morgan fingerprint density at radius 3 is 2.38 bits per heavy atom. The topological polar surface area (TPSA) is 90.4 Å². The van der Waals surface area contributed by atoms with E-state index >= 15 is 0 Å². The first-order valence-electron chi connectivity index (χ1n) is 11.4. The Bertz CT molecular complexity index is 1110. The van der Waals surface area contributed by atoms with Gasteiger partial charge >= 0.3 is 6.09 Å². The molecule has 2 aromatic carbocycles. The molecule has 0 bridgehead atoms. The van der Waals surface area contributed by atoms with Crippen LogP contribution in [-0.4, -0.2) is 67.9 Å². The molecule has 2 unspecified atom stereocenters. The van der Waals surface area contributed by atoms with E-state index in [-0.39, 0.29) is 18.0 Å². The summed E-state index contributed by atoms with van der Waals surface area (Å²) in [5.74, 6) is -0.158. The van der Waals surface area contributed by atoms with Gasteiger partial charge in [0, 0.05) is 30.7 Å². The lowest BCUT2D eigenvalue weighted by molar-refractivity contribution is -0.131. The molecule has 2 amide bonds. The summed E-state index contributed by atoms with van der Waals surface area (Å²) < 4.78 is 29.2. The molecule has 184 valence electrons. The average Bonchev–Trinajstić information content (AvgIpc) is 3.13. The third kappa shape index (κ3) is 5.31. The number of benzene rings is 2. The summed E-state index contributed by atoms with van der Waals surface area (Å²) >= 11 is 3.70. The zero-order valence-corrected chi connectivity index (χ0v) is 21.1. The number of nitrogens with zero attached hydrogens (tertiary/aromatic N) is 3. The van der Waals surface area contributed by atoms with Crippen molar-refractivity contribution in [2.45, 2.75) is 57.7 Å². The van der Waals surface area contributed by atoms with Gasteiger partial charge in [-0.2, -0.15) is 0 Å². The van der Waals surface area contributed by atoms with Crippen molar-refractivity contribution in [2.75, 3.05) is 23.9 Å². The predicted molar refractivity (Wildman–Crippen MR) is 133 cm³/mol. The van der Waals surface area contributed by atoms with Crippen molar-refractivity contribution in [3.8, 4) is 0 Å². The Kier molecular flexibility index (Phi) is 7.07. The minimum Gasteiger partial charge on any atom is -0.444 e. The molecule has 2 saturated heterocycles. The van der Waals surface area contributed by atoms with Gasteiger partial charge in [-0.15, -0.1) is 0 Å². The Morgan fingerprint density at radius 2 is 1.74 bits per heavy atom. The first kappa shape index (κ1) is 24.8. The van der Waals surface area contributed by atoms with Crippen LogP contribution in [0.2, 0.25) is 5.02 Å². The lowest BCUT2D eigenvalue weighted by Crippen LogP contribution is -2.50. The van der Waals surface area contributed by atoms with E-state index in [1.54, 1.807) is 28.0 Å². The number of amides is 2. The highest BCUT2D eigenvalue weighted by molar-refractivity contribution is 7.80. The molecule has 2 heterocycles. The van der Waals surface area contributed by atoms with Gasteiger partial charge in [0.05, 0.1) is 5.69 Å². The monoisotopic (exact) mass is 507 g/mol. The van der Waals surface area contributed by atoms with Crippen LogP contribution in [0, 0.1) is 0 Å². The molecular formula is C24H30ClN3O5S. The number of ether oxygens (including phenoxy) is 1. The number of anilines is 1. The van der Waals surface area contributed by atoms with Crippen molar-refractivity contribution in [3.05, 3.63) is 41.4 Å². The van der Waals surface area contributed by atoms with E-state index < -0.39 is 22.9 Å². The second kappa shape index (κ2) is 9.71. The summed E-state index contributed by atoms with van der Waals surface area (Å²) in [5.41, 5.74) is -0.0413. The predicted octanol–water partition coefficient (Wildman–Crippen LogP) is 4.44. The lowest BCUT2D eigenvalue weighted by Gasteiger charge is -2.37. The standard InChI is InChI=1S/C24H30ClN3O5S/c1-24(2,3)33-23(30)26-11-8-19(9-12-26)27-13-10-21(22(27)29)28(34(31)32)20-7-5-16-14-18(25)6-4-17(16)15-20/h4-7,14-15,19,21H,8-13H2,1-3H3,(H,31,32).